The van der Waals surface area contributed by atoms with E-state index >= 15 is 0 Å². The molecule has 0 bridgehead atoms. The molecule has 3 atom stereocenters. The summed E-state index contributed by atoms with van der Waals surface area (Å²) in [6.07, 6.45) is 3.04. The molecule has 4 rings (SSSR count). The molecule has 6 heteroatoms. The molecule has 3 unspecified atom stereocenters. The predicted molar refractivity (Wildman–Crippen MR) is 109 cm³/mol. The summed E-state index contributed by atoms with van der Waals surface area (Å²) >= 11 is 0. The molecule has 2 aliphatic rings. The first kappa shape index (κ1) is 18.3. The Hall–Kier alpha value is -3.02. The number of para-hydroxylation sites is 2. The summed E-state index contributed by atoms with van der Waals surface area (Å²) in [5, 5.41) is 3.54. The van der Waals surface area contributed by atoms with Crippen LogP contribution in [-0.2, 0) is 4.79 Å². The molecule has 0 spiro atoms. The van der Waals surface area contributed by atoms with E-state index < -0.39 is 0 Å². The fourth-order valence-electron chi connectivity index (χ4n) is 4.23. The minimum Gasteiger partial charge on any atom is -0.493 e. The summed E-state index contributed by atoms with van der Waals surface area (Å²) < 4.78 is 16.6. The molecule has 1 aliphatic carbocycles. The van der Waals surface area contributed by atoms with Gasteiger partial charge in [0.15, 0.2) is 11.5 Å². The Morgan fingerprint density at radius 3 is 2.54 bits per heavy atom. The number of nitrogens with one attached hydrogen (secondary N) is 1. The van der Waals surface area contributed by atoms with E-state index in [1.54, 1.807) is 27.5 Å². The Morgan fingerprint density at radius 1 is 1.00 bits per heavy atom. The third-order valence-corrected chi connectivity index (χ3v) is 5.58. The third kappa shape index (κ3) is 3.09. The molecule has 2 aromatic rings. The van der Waals surface area contributed by atoms with E-state index in [0.29, 0.717) is 23.7 Å². The zero-order chi connectivity index (χ0) is 19.7. The SMILES string of the molecule is COc1ccc(C2CC(=O)C3C=Nc4ccccc4NC3C2)c(OC)c1OC. The second kappa shape index (κ2) is 7.54. The second-order valence-electron chi connectivity index (χ2n) is 7.10. The van der Waals surface area contributed by atoms with Gasteiger partial charge in [0, 0.05) is 24.2 Å². The lowest BCUT2D eigenvalue weighted by molar-refractivity contribution is -0.123. The van der Waals surface area contributed by atoms with E-state index in [1.165, 1.54) is 0 Å². The van der Waals surface area contributed by atoms with Crippen molar-refractivity contribution in [1.82, 2.24) is 0 Å². The first-order valence-corrected chi connectivity index (χ1v) is 9.37. The van der Waals surface area contributed by atoms with Gasteiger partial charge in [0.2, 0.25) is 5.75 Å². The predicted octanol–water partition coefficient (Wildman–Crippen LogP) is 3.97. The van der Waals surface area contributed by atoms with Gasteiger partial charge in [-0.25, -0.2) is 0 Å². The lowest BCUT2D eigenvalue weighted by Gasteiger charge is -2.34. The van der Waals surface area contributed by atoms with Crippen molar-refractivity contribution in [3.63, 3.8) is 0 Å². The number of ketones is 1. The lowest BCUT2D eigenvalue weighted by atomic mass is 9.74. The number of fused-ring (bicyclic) bond motifs is 2. The van der Waals surface area contributed by atoms with Gasteiger partial charge < -0.3 is 19.5 Å². The van der Waals surface area contributed by atoms with E-state index in [9.17, 15) is 4.79 Å². The minimum absolute atomic E-state index is 0.0172. The van der Waals surface area contributed by atoms with Gasteiger partial charge in [0.05, 0.1) is 38.6 Å². The van der Waals surface area contributed by atoms with Crippen molar-refractivity contribution in [2.24, 2.45) is 10.9 Å². The van der Waals surface area contributed by atoms with Crippen LogP contribution in [0.4, 0.5) is 11.4 Å². The number of carbonyl (C=O) groups excluding carboxylic acids is 1. The number of carbonyl (C=O) groups is 1. The number of hydrogen-bond donors (Lipinski definition) is 1. The van der Waals surface area contributed by atoms with Crippen LogP contribution in [0.25, 0.3) is 0 Å². The summed E-state index contributed by atoms with van der Waals surface area (Å²) in [4.78, 5) is 17.5. The van der Waals surface area contributed by atoms with E-state index in [2.05, 4.69) is 10.3 Å². The monoisotopic (exact) mass is 380 g/mol. The van der Waals surface area contributed by atoms with Crippen LogP contribution in [0.5, 0.6) is 17.2 Å². The Labute approximate surface area is 164 Å². The number of rotatable bonds is 4. The molecular weight excluding hydrogens is 356 g/mol. The number of Topliss-reactive ketones (excluding diaryl/α,β-unsaturated/α-hetero) is 1. The van der Waals surface area contributed by atoms with Gasteiger partial charge in [-0.15, -0.1) is 0 Å². The van der Waals surface area contributed by atoms with Gasteiger partial charge in [-0.05, 0) is 30.5 Å². The molecule has 146 valence electrons. The molecule has 0 saturated heterocycles. The smallest absolute Gasteiger partial charge is 0.203 e. The third-order valence-electron chi connectivity index (χ3n) is 5.58. The number of methoxy groups -OCH3 is 3. The van der Waals surface area contributed by atoms with Gasteiger partial charge in [0.25, 0.3) is 0 Å². The van der Waals surface area contributed by atoms with Gasteiger partial charge in [-0.1, -0.05) is 18.2 Å². The summed E-state index contributed by atoms with van der Waals surface area (Å²) in [6.45, 7) is 0. The molecule has 0 aromatic heterocycles. The lowest BCUT2D eigenvalue weighted by Crippen LogP contribution is -2.41. The highest BCUT2D eigenvalue weighted by Gasteiger charge is 2.39. The Balaban J connectivity index is 1.69. The Kier molecular flexibility index (Phi) is 4.94. The topological polar surface area (TPSA) is 69.2 Å². The summed E-state index contributed by atoms with van der Waals surface area (Å²) in [7, 11) is 4.80. The summed E-state index contributed by atoms with van der Waals surface area (Å²) in [5.74, 6) is 1.77. The van der Waals surface area contributed by atoms with Crippen LogP contribution in [0.2, 0.25) is 0 Å². The number of aliphatic imine (C=N–C) groups is 1. The maximum atomic E-state index is 13.0. The van der Waals surface area contributed by atoms with Crippen LogP contribution in [0, 0.1) is 5.92 Å². The van der Waals surface area contributed by atoms with Crippen LogP contribution in [0.15, 0.2) is 41.4 Å². The molecule has 0 radical (unpaired) electrons. The van der Waals surface area contributed by atoms with Crippen molar-refractivity contribution in [2.45, 2.75) is 24.8 Å². The maximum Gasteiger partial charge on any atom is 0.203 e. The van der Waals surface area contributed by atoms with Crippen molar-refractivity contribution < 1.29 is 19.0 Å². The highest BCUT2D eigenvalue weighted by atomic mass is 16.5. The van der Waals surface area contributed by atoms with E-state index in [4.69, 9.17) is 14.2 Å². The quantitative estimate of drug-likeness (QED) is 0.869. The van der Waals surface area contributed by atoms with Gasteiger partial charge in [-0.3, -0.25) is 9.79 Å². The summed E-state index contributed by atoms with van der Waals surface area (Å²) in [6, 6.07) is 11.7. The highest BCUT2D eigenvalue weighted by molar-refractivity contribution is 5.99. The highest BCUT2D eigenvalue weighted by Crippen LogP contribution is 2.47. The van der Waals surface area contributed by atoms with E-state index in [0.717, 1.165) is 23.4 Å². The molecular formula is C22H24N2O4. The van der Waals surface area contributed by atoms with Gasteiger partial charge in [0.1, 0.15) is 5.78 Å². The Bertz CT molecular complexity index is 925. The number of hydrogen-bond acceptors (Lipinski definition) is 6. The number of nitrogens with zero attached hydrogens (tertiary/aromatic N) is 1. The number of anilines is 1. The van der Waals surface area contributed by atoms with Crippen LogP contribution in [0.1, 0.15) is 24.3 Å². The average molecular weight is 380 g/mol. The molecule has 1 heterocycles. The fourth-order valence-corrected chi connectivity index (χ4v) is 4.23. The summed E-state index contributed by atoms with van der Waals surface area (Å²) in [5.41, 5.74) is 2.78. The molecule has 1 aliphatic heterocycles. The van der Waals surface area contributed by atoms with Crippen LogP contribution in [0.3, 0.4) is 0 Å². The standard InChI is InChI=1S/C22H24N2O4/c1-26-20-9-8-14(21(27-2)22(20)28-3)13-10-18-15(19(25)11-13)12-23-16-6-4-5-7-17(16)24-18/h4-9,12-13,15,18,24H,10-11H2,1-3H3. The van der Waals surface area contributed by atoms with E-state index in [1.807, 2.05) is 36.4 Å². The van der Waals surface area contributed by atoms with Crippen LogP contribution < -0.4 is 19.5 Å². The molecule has 28 heavy (non-hydrogen) atoms. The zero-order valence-electron chi connectivity index (χ0n) is 16.3. The van der Waals surface area contributed by atoms with Gasteiger partial charge >= 0.3 is 0 Å². The van der Waals surface area contributed by atoms with Crippen LogP contribution >= 0.6 is 0 Å². The van der Waals surface area contributed by atoms with Crippen molar-refractivity contribution in [3.8, 4) is 17.2 Å². The fraction of sp³-hybridized carbons (Fsp3) is 0.364. The van der Waals surface area contributed by atoms with Crippen LogP contribution in [-0.4, -0.2) is 39.4 Å². The minimum atomic E-state index is -0.227. The van der Waals surface area contributed by atoms with E-state index in [-0.39, 0.29) is 23.7 Å². The van der Waals surface area contributed by atoms with Crippen molar-refractivity contribution >= 4 is 23.4 Å². The maximum absolute atomic E-state index is 13.0. The molecule has 6 nitrogen and oxygen atoms in total. The number of ether oxygens (including phenoxy) is 3. The van der Waals surface area contributed by atoms with Crippen molar-refractivity contribution in [1.29, 1.82) is 0 Å². The van der Waals surface area contributed by atoms with Crippen molar-refractivity contribution in [2.75, 3.05) is 26.6 Å². The normalized spacial score (nSPS) is 23.1. The number of benzene rings is 2. The average Bonchev–Trinajstić information content (AvgIpc) is 2.91. The van der Waals surface area contributed by atoms with Gasteiger partial charge in [-0.2, -0.15) is 0 Å². The molecule has 2 aromatic carbocycles. The Morgan fingerprint density at radius 2 is 1.79 bits per heavy atom. The van der Waals surface area contributed by atoms with Crippen molar-refractivity contribution in [3.05, 3.63) is 42.0 Å². The largest absolute Gasteiger partial charge is 0.493 e. The molecule has 1 saturated carbocycles. The molecule has 1 fully saturated rings. The zero-order valence-corrected chi connectivity index (χ0v) is 16.3. The first-order valence-electron chi connectivity index (χ1n) is 9.37. The first-order chi connectivity index (χ1) is 13.7. The molecule has 1 N–H and O–H groups in total. The second-order valence-corrected chi connectivity index (χ2v) is 7.10. The molecule has 0 amide bonds.